The van der Waals surface area contributed by atoms with E-state index < -0.39 is 0 Å². The lowest BCUT2D eigenvalue weighted by Crippen LogP contribution is -2.03. The van der Waals surface area contributed by atoms with Gasteiger partial charge < -0.3 is 10.9 Å². The highest BCUT2D eigenvalue weighted by molar-refractivity contribution is 7.17. The molecule has 0 unspecified atom stereocenters. The van der Waals surface area contributed by atoms with Crippen LogP contribution in [0.4, 0.5) is 0 Å². The topological polar surface area (TPSA) is 51.2 Å². The zero-order valence-electron chi connectivity index (χ0n) is 5.11. The second-order valence-corrected chi connectivity index (χ2v) is 2.92. The van der Waals surface area contributed by atoms with Crippen molar-refractivity contribution >= 4 is 21.6 Å². The molecule has 0 amide bonds. The SMILES string of the molecule is Nn1ccc2c(O)csc21. The van der Waals surface area contributed by atoms with E-state index in [2.05, 4.69) is 0 Å². The predicted molar refractivity (Wildman–Crippen MR) is 41.6 cm³/mol. The third-order valence-corrected chi connectivity index (χ3v) is 2.42. The van der Waals surface area contributed by atoms with Crippen molar-refractivity contribution in [3.05, 3.63) is 17.6 Å². The number of rotatable bonds is 0. The molecule has 3 N–H and O–H groups in total. The van der Waals surface area contributed by atoms with Crippen LogP contribution in [0.5, 0.6) is 5.75 Å². The molecule has 0 aromatic carbocycles. The molecule has 0 spiro atoms. The first-order valence-corrected chi connectivity index (χ1v) is 3.69. The molecule has 0 aliphatic heterocycles. The van der Waals surface area contributed by atoms with E-state index in [1.54, 1.807) is 17.6 Å². The first kappa shape index (κ1) is 5.61. The molecule has 0 aliphatic carbocycles. The number of hydrogen-bond donors (Lipinski definition) is 2. The fourth-order valence-electron chi connectivity index (χ4n) is 0.927. The van der Waals surface area contributed by atoms with Crippen LogP contribution in [-0.4, -0.2) is 9.78 Å². The standard InChI is InChI=1S/C6H6N2OS/c7-8-2-1-4-5(9)3-10-6(4)8/h1-3,9H,7H2. The second kappa shape index (κ2) is 1.67. The molecular formula is C6H6N2OS. The van der Waals surface area contributed by atoms with Crippen LogP contribution in [0.25, 0.3) is 10.2 Å². The highest BCUT2D eigenvalue weighted by Gasteiger charge is 2.04. The Morgan fingerprint density at radius 2 is 2.40 bits per heavy atom. The zero-order valence-corrected chi connectivity index (χ0v) is 5.93. The summed E-state index contributed by atoms with van der Waals surface area (Å²) in [7, 11) is 0. The number of fused-ring (bicyclic) bond motifs is 1. The van der Waals surface area contributed by atoms with Crippen molar-refractivity contribution < 1.29 is 5.11 Å². The molecule has 3 nitrogen and oxygen atoms in total. The van der Waals surface area contributed by atoms with Gasteiger partial charge in [0.15, 0.2) is 0 Å². The predicted octanol–water partition coefficient (Wildman–Crippen LogP) is 1.12. The number of aromatic hydroxyl groups is 1. The first-order chi connectivity index (χ1) is 4.79. The minimum Gasteiger partial charge on any atom is -0.506 e. The van der Waals surface area contributed by atoms with Crippen LogP contribution < -0.4 is 5.84 Å². The average molecular weight is 154 g/mol. The second-order valence-electron chi connectivity index (χ2n) is 2.06. The largest absolute Gasteiger partial charge is 0.506 e. The fourth-order valence-corrected chi connectivity index (χ4v) is 1.76. The molecule has 0 saturated carbocycles. The van der Waals surface area contributed by atoms with E-state index in [0.717, 1.165) is 10.2 Å². The van der Waals surface area contributed by atoms with E-state index in [4.69, 9.17) is 10.9 Å². The zero-order chi connectivity index (χ0) is 7.14. The van der Waals surface area contributed by atoms with Gasteiger partial charge in [0.25, 0.3) is 0 Å². The van der Waals surface area contributed by atoms with Crippen molar-refractivity contribution in [1.82, 2.24) is 4.68 Å². The van der Waals surface area contributed by atoms with Crippen molar-refractivity contribution in [2.45, 2.75) is 0 Å². The minimum absolute atomic E-state index is 0.309. The number of thiophene rings is 1. The molecule has 2 heterocycles. The third-order valence-electron chi connectivity index (χ3n) is 1.42. The molecule has 0 aliphatic rings. The first-order valence-electron chi connectivity index (χ1n) is 2.81. The molecule has 2 rings (SSSR count). The molecule has 0 radical (unpaired) electrons. The van der Waals surface area contributed by atoms with E-state index in [-0.39, 0.29) is 0 Å². The van der Waals surface area contributed by atoms with Gasteiger partial charge in [-0.05, 0) is 6.07 Å². The van der Waals surface area contributed by atoms with Crippen molar-refractivity contribution in [3.8, 4) is 5.75 Å². The lowest BCUT2D eigenvalue weighted by molar-refractivity contribution is 0.484. The summed E-state index contributed by atoms with van der Waals surface area (Å²) >= 11 is 1.44. The van der Waals surface area contributed by atoms with Crippen LogP contribution in [0.3, 0.4) is 0 Å². The van der Waals surface area contributed by atoms with Gasteiger partial charge in [-0.25, -0.2) is 0 Å². The van der Waals surface area contributed by atoms with Gasteiger partial charge in [-0.2, -0.15) is 0 Å². The summed E-state index contributed by atoms with van der Waals surface area (Å²) < 4.78 is 1.50. The highest BCUT2D eigenvalue weighted by Crippen LogP contribution is 2.30. The Balaban J connectivity index is 2.95. The van der Waals surface area contributed by atoms with Crippen LogP contribution in [0, 0.1) is 0 Å². The molecular weight excluding hydrogens is 148 g/mol. The summed E-state index contributed by atoms with van der Waals surface area (Å²) in [4.78, 5) is 0.900. The summed E-state index contributed by atoms with van der Waals surface area (Å²) in [6.07, 6.45) is 1.72. The van der Waals surface area contributed by atoms with Gasteiger partial charge >= 0.3 is 0 Å². The van der Waals surface area contributed by atoms with E-state index >= 15 is 0 Å². The maximum Gasteiger partial charge on any atom is 0.135 e. The number of nitrogen functional groups attached to an aromatic ring is 1. The smallest absolute Gasteiger partial charge is 0.135 e. The Bertz CT molecular complexity index is 327. The summed E-state index contributed by atoms with van der Waals surface area (Å²) in [5.41, 5.74) is 0. The number of nitrogens with two attached hydrogens (primary N) is 1. The summed E-state index contributed by atoms with van der Waals surface area (Å²) in [6, 6.07) is 1.79. The Morgan fingerprint density at radius 3 is 3.10 bits per heavy atom. The quantitative estimate of drug-likeness (QED) is 0.559. The van der Waals surface area contributed by atoms with Crippen LogP contribution in [0.15, 0.2) is 17.6 Å². The van der Waals surface area contributed by atoms with Crippen molar-refractivity contribution in [1.29, 1.82) is 0 Å². The van der Waals surface area contributed by atoms with E-state index in [1.165, 1.54) is 16.0 Å². The summed E-state index contributed by atoms with van der Waals surface area (Å²) in [5, 5.41) is 11.7. The maximum atomic E-state index is 9.17. The molecule has 10 heavy (non-hydrogen) atoms. The fraction of sp³-hybridized carbons (Fsp3) is 0. The number of aromatic nitrogens is 1. The molecule has 4 heteroatoms. The van der Waals surface area contributed by atoms with Gasteiger partial charge in [0.2, 0.25) is 0 Å². The van der Waals surface area contributed by atoms with Gasteiger partial charge in [0.05, 0.1) is 5.39 Å². The monoisotopic (exact) mass is 154 g/mol. The Morgan fingerprint density at radius 1 is 1.60 bits per heavy atom. The average Bonchev–Trinajstić information content (AvgIpc) is 2.41. The van der Waals surface area contributed by atoms with E-state index in [1.807, 2.05) is 0 Å². The van der Waals surface area contributed by atoms with E-state index in [9.17, 15) is 0 Å². The molecule has 52 valence electrons. The summed E-state index contributed by atoms with van der Waals surface area (Å²) in [5.74, 6) is 5.81. The number of hydrogen-bond acceptors (Lipinski definition) is 3. The van der Waals surface area contributed by atoms with Crippen LogP contribution >= 0.6 is 11.3 Å². The Hall–Kier alpha value is -1.16. The molecule has 2 aromatic heterocycles. The van der Waals surface area contributed by atoms with Gasteiger partial charge in [-0.1, -0.05) is 0 Å². The molecule has 2 aromatic rings. The molecule has 0 atom stereocenters. The summed E-state index contributed by atoms with van der Waals surface area (Å²) in [6.45, 7) is 0. The van der Waals surface area contributed by atoms with Crippen LogP contribution in [0.1, 0.15) is 0 Å². The van der Waals surface area contributed by atoms with Gasteiger partial charge in [-0.3, -0.25) is 4.68 Å². The van der Waals surface area contributed by atoms with Crippen LogP contribution in [0.2, 0.25) is 0 Å². The third kappa shape index (κ3) is 0.537. The normalized spacial score (nSPS) is 10.8. The van der Waals surface area contributed by atoms with Crippen molar-refractivity contribution in [2.75, 3.05) is 5.84 Å². The Labute approximate surface area is 61.3 Å². The molecule has 0 saturated heterocycles. The van der Waals surface area contributed by atoms with Crippen LogP contribution in [-0.2, 0) is 0 Å². The van der Waals surface area contributed by atoms with Crippen molar-refractivity contribution in [3.63, 3.8) is 0 Å². The van der Waals surface area contributed by atoms with E-state index in [0.29, 0.717) is 5.75 Å². The number of nitrogens with zero attached hydrogens (tertiary/aromatic N) is 1. The Kier molecular flexibility index (Phi) is 0.935. The molecule has 0 bridgehead atoms. The lowest BCUT2D eigenvalue weighted by atomic mass is 10.4. The highest BCUT2D eigenvalue weighted by atomic mass is 32.1. The van der Waals surface area contributed by atoms with Crippen molar-refractivity contribution in [2.24, 2.45) is 0 Å². The van der Waals surface area contributed by atoms with Gasteiger partial charge in [0, 0.05) is 11.6 Å². The lowest BCUT2D eigenvalue weighted by Gasteiger charge is -1.86. The molecule has 0 fully saturated rings. The van der Waals surface area contributed by atoms with Gasteiger partial charge in [-0.15, -0.1) is 11.3 Å². The minimum atomic E-state index is 0.309. The van der Waals surface area contributed by atoms with Gasteiger partial charge in [0.1, 0.15) is 10.6 Å². The maximum absolute atomic E-state index is 9.17.